The van der Waals surface area contributed by atoms with Crippen LogP contribution < -0.4 is 21.9 Å². The number of rotatable bonds is 3. The van der Waals surface area contributed by atoms with E-state index in [1.54, 1.807) is 16.3 Å². The molecule has 0 bridgehead atoms. The largest absolute Gasteiger partial charge is 0.382 e. The van der Waals surface area contributed by atoms with Crippen LogP contribution >= 0.6 is 23.4 Å². The first kappa shape index (κ1) is 22.5. The molecule has 2 fully saturated rings. The molecular formula is C22H28ClN7O2S. The second-order valence-corrected chi connectivity index (χ2v) is 10.5. The second-order valence-electron chi connectivity index (χ2n) is 9.10. The molecule has 0 unspecified atom stereocenters. The third-order valence-electron chi connectivity index (χ3n) is 7.06. The molecule has 11 heteroatoms. The van der Waals surface area contributed by atoms with E-state index in [9.17, 15) is 4.79 Å². The predicted octanol–water partition coefficient (Wildman–Crippen LogP) is 2.39. The summed E-state index contributed by atoms with van der Waals surface area (Å²) < 4.78 is 9.10. The van der Waals surface area contributed by atoms with Crippen molar-refractivity contribution in [2.24, 2.45) is 25.2 Å². The molecule has 2 saturated heterocycles. The summed E-state index contributed by atoms with van der Waals surface area (Å²) in [5, 5.41) is 5.74. The number of hydrogen-bond acceptors (Lipinski definition) is 8. The lowest BCUT2D eigenvalue weighted by atomic mass is 9.73. The van der Waals surface area contributed by atoms with E-state index in [4.69, 9.17) is 27.8 Å². The van der Waals surface area contributed by atoms with Gasteiger partial charge in [-0.15, -0.1) is 0 Å². The van der Waals surface area contributed by atoms with Gasteiger partial charge in [-0.2, -0.15) is 10.1 Å². The summed E-state index contributed by atoms with van der Waals surface area (Å²) >= 11 is 7.85. The number of aryl methyl sites for hydroxylation is 1. The van der Waals surface area contributed by atoms with Crippen molar-refractivity contribution in [2.75, 3.05) is 30.3 Å². The van der Waals surface area contributed by atoms with Gasteiger partial charge in [0, 0.05) is 55.1 Å². The average Bonchev–Trinajstić information content (AvgIpc) is 3.31. The van der Waals surface area contributed by atoms with Gasteiger partial charge < -0.3 is 21.1 Å². The van der Waals surface area contributed by atoms with E-state index < -0.39 is 0 Å². The van der Waals surface area contributed by atoms with Gasteiger partial charge in [0.2, 0.25) is 5.95 Å². The SMILES string of the molecule is C[C@@H]1OCC2(CCN(c3nc(N)c(Sc4ccc5nn(C)cc5c4Cl)c(=O)n3C)CC2)[C@@H]1N. The topological polar surface area (TPSA) is 117 Å². The predicted molar refractivity (Wildman–Crippen MR) is 131 cm³/mol. The number of piperidine rings is 1. The van der Waals surface area contributed by atoms with Crippen molar-refractivity contribution in [3.8, 4) is 0 Å². The number of halogens is 1. The summed E-state index contributed by atoms with van der Waals surface area (Å²) in [7, 11) is 3.58. The Kier molecular flexibility index (Phi) is 5.59. The standard InChI is InChI=1S/C22H28ClN7O2S/c1-12-18(24)22(11-32-12)6-8-30(9-7-22)21-26-19(25)17(20(31)29(21)3)33-15-5-4-14-13(16(15)23)10-28(2)27-14/h4-5,10,12,18H,6-9,11,24-25H2,1-3H3/t12-,18+/m0/s1. The molecule has 9 nitrogen and oxygen atoms in total. The van der Waals surface area contributed by atoms with E-state index in [-0.39, 0.29) is 28.9 Å². The lowest BCUT2D eigenvalue weighted by molar-refractivity contribution is 0.0973. The molecule has 33 heavy (non-hydrogen) atoms. The zero-order valence-electron chi connectivity index (χ0n) is 18.9. The van der Waals surface area contributed by atoms with Gasteiger partial charge in [-0.1, -0.05) is 23.4 Å². The molecule has 2 atom stereocenters. The Labute approximate surface area is 201 Å². The molecule has 4 heterocycles. The Morgan fingerprint density at radius 2 is 2.00 bits per heavy atom. The number of hydrogen-bond donors (Lipinski definition) is 2. The minimum Gasteiger partial charge on any atom is -0.382 e. The fraction of sp³-hybridized carbons (Fsp3) is 0.500. The molecule has 1 aromatic carbocycles. The van der Waals surface area contributed by atoms with Crippen molar-refractivity contribution in [1.82, 2.24) is 19.3 Å². The molecule has 0 aliphatic carbocycles. The quantitative estimate of drug-likeness (QED) is 0.575. The Balaban J connectivity index is 1.41. The Bertz CT molecular complexity index is 1280. The van der Waals surface area contributed by atoms with Crippen LogP contribution in [0.15, 0.2) is 32.9 Å². The summed E-state index contributed by atoms with van der Waals surface area (Å²) in [6.45, 7) is 4.22. The normalized spacial score (nSPS) is 22.5. The van der Waals surface area contributed by atoms with Crippen LogP contribution in [0.4, 0.5) is 11.8 Å². The van der Waals surface area contributed by atoms with Gasteiger partial charge in [0.15, 0.2) is 0 Å². The maximum absolute atomic E-state index is 13.3. The van der Waals surface area contributed by atoms with Crippen LogP contribution in [0.5, 0.6) is 0 Å². The van der Waals surface area contributed by atoms with Gasteiger partial charge in [0.05, 0.1) is 23.3 Å². The highest BCUT2D eigenvalue weighted by Crippen LogP contribution is 2.42. The number of nitrogens with zero attached hydrogens (tertiary/aromatic N) is 5. The van der Waals surface area contributed by atoms with Gasteiger partial charge in [0.25, 0.3) is 5.56 Å². The van der Waals surface area contributed by atoms with Crippen molar-refractivity contribution < 1.29 is 4.74 Å². The summed E-state index contributed by atoms with van der Waals surface area (Å²) in [6, 6.07) is 3.77. The monoisotopic (exact) mass is 489 g/mol. The highest BCUT2D eigenvalue weighted by Gasteiger charge is 2.47. The van der Waals surface area contributed by atoms with Crippen LogP contribution in [0.2, 0.25) is 5.02 Å². The molecule has 176 valence electrons. The van der Waals surface area contributed by atoms with Crippen molar-refractivity contribution in [3.05, 3.63) is 33.7 Å². The average molecular weight is 490 g/mol. The zero-order valence-corrected chi connectivity index (χ0v) is 20.5. The van der Waals surface area contributed by atoms with Gasteiger partial charge in [-0.25, -0.2) is 0 Å². The minimum absolute atomic E-state index is 0.00217. The summed E-state index contributed by atoms with van der Waals surface area (Å²) in [6.07, 6.45) is 3.72. The fourth-order valence-corrected chi connectivity index (χ4v) is 6.19. The maximum atomic E-state index is 13.3. The summed E-state index contributed by atoms with van der Waals surface area (Å²) in [5.74, 6) is 0.779. The van der Waals surface area contributed by atoms with Crippen LogP contribution in [-0.2, 0) is 18.8 Å². The van der Waals surface area contributed by atoms with Crippen molar-refractivity contribution in [3.63, 3.8) is 0 Å². The van der Waals surface area contributed by atoms with Gasteiger partial charge in [0.1, 0.15) is 10.7 Å². The zero-order chi connectivity index (χ0) is 23.5. The van der Waals surface area contributed by atoms with E-state index in [1.807, 2.05) is 32.3 Å². The van der Waals surface area contributed by atoms with Crippen molar-refractivity contribution in [2.45, 2.75) is 41.7 Å². The van der Waals surface area contributed by atoms with E-state index in [2.05, 4.69) is 15.0 Å². The Morgan fingerprint density at radius 1 is 1.27 bits per heavy atom. The number of benzene rings is 1. The smallest absolute Gasteiger partial charge is 0.270 e. The number of nitrogen functional groups attached to an aromatic ring is 1. The first-order chi connectivity index (χ1) is 15.7. The third kappa shape index (κ3) is 3.69. The van der Waals surface area contributed by atoms with Gasteiger partial charge in [-0.05, 0) is 31.9 Å². The number of fused-ring (bicyclic) bond motifs is 1. The molecule has 0 amide bonds. The van der Waals surface area contributed by atoms with Gasteiger partial charge >= 0.3 is 0 Å². The van der Waals surface area contributed by atoms with E-state index >= 15 is 0 Å². The molecule has 5 rings (SSSR count). The Hall–Kier alpha value is -2.27. The molecule has 3 aromatic rings. The molecule has 4 N–H and O–H groups in total. The first-order valence-corrected chi connectivity index (χ1v) is 12.2. The van der Waals surface area contributed by atoms with E-state index in [0.29, 0.717) is 22.5 Å². The highest BCUT2D eigenvalue weighted by molar-refractivity contribution is 7.99. The van der Waals surface area contributed by atoms with Gasteiger partial charge in [-0.3, -0.25) is 14.0 Å². The number of nitrogens with two attached hydrogens (primary N) is 2. The fourth-order valence-electron chi connectivity index (χ4n) is 4.94. The number of anilines is 2. The Morgan fingerprint density at radius 3 is 2.67 bits per heavy atom. The first-order valence-electron chi connectivity index (χ1n) is 11.0. The molecule has 2 aromatic heterocycles. The van der Waals surface area contributed by atoms with Crippen LogP contribution in [0.3, 0.4) is 0 Å². The molecule has 2 aliphatic heterocycles. The molecule has 2 aliphatic rings. The van der Waals surface area contributed by atoms with Crippen molar-refractivity contribution >= 4 is 46.0 Å². The molecule has 0 saturated carbocycles. The second kappa shape index (κ2) is 8.19. The van der Waals surface area contributed by atoms with Crippen LogP contribution in [0.1, 0.15) is 19.8 Å². The number of ether oxygens (including phenoxy) is 1. The molecular weight excluding hydrogens is 462 g/mol. The van der Waals surface area contributed by atoms with E-state index in [1.165, 1.54) is 11.8 Å². The molecule has 0 radical (unpaired) electrons. The molecule has 1 spiro atoms. The summed E-state index contributed by atoms with van der Waals surface area (Å²) in [4.78, 5) is 21.1. The van der Waals surface area contributed by atoms with Crippen LogP contribution in [0, 0.1) is 5.41 Å². The lowest BCUT2D eigenvalue weighted by Gasteiger charge is -2.41. The lowest BCUT2D eigenvalue weighted by Crippen LogP contribution is -2.51. The van der Waals surface area contributed by atoms with E-state index in [0.717, 1.165) is 41.7 Å². The highest BCUT2D eigenvalue weighted by atomic mass is 35.5. The maximum Gasteiger partial charge on any atom is 0.270 e. The summed E-state index contributed by atoms with van der Waals surface area (Å²) in [5.41, 5.74) is 13.3. The van der Waals surface area contributed by atoms with Crippen LogP contribution in [0.25, 0.3) is 10.9 Å². The number of aromatic nitrogens is 4. The minimum atomic E-state index is -0.195. The van der Waals surface area contributed by atoms with Crippen molar-refractivity contribution in [1.29, 1.82) is 0 Å². The van der Waals surface area contributed by atoms with Crippen LogP contribution in [-0.4, -0.2) is 51.2 Å². The third-order valence-corrected chi connectivity index (χ3v) is 8.72.